The molecule has 0 aromatic heterocycles. The molecule has 29 heavy (non-hydrogen) atoms. The predicted octanol–water partition coefficient (Wildman–Crippen LogP) is 1.69. The van der Waals surface area contributed by atoms with Crippen molar-refractivity contribution in [1.29, 1.82) is 0 Å². The van der Waals surface area contributed by atoms with Crippen LogP contribution in [0.2, 0.25) is 5.02 Å². The zero-order valence-corrected chi connectivity index (χ0v) is 17.9. The van der Waals surface area contributed by atoms with Crippen LogP contribution in [-0.2, 0) is 4.79 Å². The largest absolute Gasteiger partial charge is 0.360 e. The minimum atomic E-state index is -0.0554. The third-order valence-electron chi connectivity index (χ3n) is 5.21. The number of nitrogens with zero attached hydrogens (tertiary/aromatic N) is 2. The number of carbonyl (C=O) groups is 2. The molecule has 154 valence electrons. The molecule has 1 saturated heterocycles. The number of aryl methyl sites for hydroxylation is 1. The third kappa shape index (κ3) is 5.49. The first-order chi connectivity index (χ1) is 13.8. The number of benzene rings is 2. The van der Waals surface area contributed by atoms with Gasteiger partial charge in [-0.15, -0.1) is 0 Å². The Balaban J connectivity index is 1.50. The smallest absolute Gasteiger partial charge is 0.279 e. The third-order valence-corrected chi connectivity index (χ3v) is 5.45. The first-order valence-corrected chi connectivity index (χ1v) is 10.2. The van der Waals surface area contributed by atoms with E-state index < -0.39 is 0 Å². The van der Waals surface area contributed by atoms with Crippen molar-refractivity contribution in [2.75, 3.05) is 57.0 Å². The van der Waals surface area contributed by atoms with E-state index in [4.69, 9.17) is 11.6 Å². The van der Waals surface area contributed by atoms with Crippen LogP contribution in [0.4, 0.5) is 11.4 Å². The second-order valence-corrected chi connectivity index (χ2v) is 8.11. The first-order valence-electron chi connectivity index (χ1n) is 9.79. The molecule has 1 fully saturated rings. The number of quaternary nitrogens is 1. The Hall–Kier alpha value is -2.57. The van der Waals surface area contributed by atoms with Gasteiger partial charge in [-0.1, -0.05) is 17.7 Å². The molecule has 6 nitrogen and oxygen atoms in total. The van der Waals surface area contributed by atoms with Crippen LogP contribution in [0.1, 0.15) is 15.9 Å². The molecule has 2 aromatic rings. The molecule has 7 heteroatoms. The zero-order valence-electron chi connectivity index (χ0n) is 17.2. The minimum Gasteiger partial charge on any atom is -0.360 e. The summed E-state index contributed by atoms with van der Waals surface area (Å²) in [6.45, 7) is 6.11. The van der Waals surface area contributed by atoms with Gasteiger partial charge in [0.1, 0.15) is 0 Å². The molecular formula is C22H28ClN4O2+. The summed E-state index contributed by atoms with van der Waals surface area (Å²) in [5, 5.41) is 3.68. The predicted molar refractivity (Wildman–Crippen MR) is 117 cm³/mol. The zero-order chi connectivity index (χ0) is 21.0. The van der Waals surface area contributed by atoms with Gasteiger partial charge in [-0.3, -0.25) is 9.59 Å². The van der Waals surface area contributed by atoms with Crippen molar-refractivity contribution in [3.63, 3.8) is 0 Å². The van der Waals surface area contributed by atoms with E-state index in [9.17, 15) is 9.59 Å². The number of anilines is 2. The fraction of sp³-hybridized carbons (Fsp3) is 0.364. The van der Waals surface area contributed by atoms with Crippen molar-refractivity contribution in [2.45, 2.75) is 6.92 Å². The Kier molecular flexibility index (Phi) is 6.77. The second-order valence-electron chi connectivity index (χ2n) is 7.67. The summed E-state index contributed by atoms with van der Waals surface area (Å²) in [6, 6.07) is 13.0. The average molecular weight is 416 g/mol. The molecule has 2 amide bonds. The number of nitrogens with one attached hydrogen (secondary N) is 2. The van der Waals surface area contributed by atoms with E-state index in [0.29, 0.717) is 17.8 Å². The van der Waals surface area contributed by atoms with Gasteiger partial charge in [0.15, 0.2) is 6.54 Å². The Morgan fingerprint density at radius 3 is 2.38 bits per heavy atom. The summed E-state index contributed by atoms with van der Waals surface area (Å²) >= 11 is 6.15. The van der Waals surface area contributed by atoms with E-state index in [1.54, 1.807) is 38.4 Å². The van der Waals surface area contributed by atoms with Crippen LogP contribution >= 0.6 is 11.6 Å². The highest BCUT2D eigenvalue weighted by Crippen LogP contribution is 2.24. The Morgan fingerprint density at radius 2 is 1.76 bits per heavy atom. The highest BCUT2D eigenvalue weighted by atomic mass is 35.5. The van der Waals surface area contributed by atoms with Crippen LogP contribution in [0.25, 0.3) is 0 Å². The van der Waals surface area contributed by atoms with Crippen molar-refractivity contribution < 1.29 is 14.5 Å². The lowest BCUT2D eigenvalue weighted by Crippen LogP contribution is -3.15. The van der Waals surface area contributed by atoms with Gasteiger partial charge in [0.05, 0.1) is 26.2 Å². The van der Waals surface area contributed by atoms with Crippen molar-refractivity contribution in [1.82, 2.24) is 4.90 Å². The summed E-state index contributed by atoms with van der Waals surface area (Å²) < 4.78 is 0. The molecule has 0 aliphatic carbocycles. The summed E-state index contributed by atoms with van der Waals surface area (Å²) in [5.41, 5.74) is 3.70. The molecule has 2 aromatic carbocycles. The van der Waals surface area contributed by atoms with Gasteiger partial charge < -0.3 is 20.0 Å². The molecule has 0 atom stereocenters. The fourth-order valence-corrected chi connectivity index (χ4v) is 3.72. The lowest BCUT2D eigenvalue weighted by molar-refractivity contribution is -0.892. The number of hydrogen-bond donors (Lipinski definition) is 2. The van der Waals surface area contributed by atoms with Gasteiger partial charge in [-0.05, 0) is 48.9 Å². The number of rotatable bonds is 5. The van der Waals surface area contributed by atoms with E-state index in [1.807, 2.05) is 18.2 Å². The maximum absolute atomic E-state index is 12.4. The molecule has 1 aliphatic heterocycles. The molecule has 1 heterocycles. The fourth-order valence-electron chi connectivity index (χ4n) is 3.55. The highest BCUT2D eigenvalue weighted by Gasteiger charge is 2.23. The number of halogens is 1. The van der Waals surface area contributed by atoms with Gasteiger partial charge in [0.25, 0.3) is 11.8 Å². The van der Waals surface area contributed by atoms with Crippen LogP contribution in [-0.4, -0.2) is 63.5 Å². The molecule has 2 N–H and O–H groups in total. The van der Waals surface area contributed by atoms with Crippen molar-refractivity contribution in [3.8, 4) is 0 Å². The van der Waals surface area contributed by atoms with Crippen LogP contribution in [0, 0.1) is 6.92 Å². The van der Waals surface area contributed by atoms with E-state index in [1.165, 1.54) is 21.1 Å². The highest BCUT2D eigenvalue weighted by molar-refractivity contribution is 6.30. The van der Waals surface area contributed by atoms with Crippen molar-refractivity contribution in [2.24, 2.45) is 0 Å². The van der Waals surface area contributed by atoms with Gasteiger partial charge in [0.2, 0.25) is 0 Å². The normalized spacial score (nSPS) is 14.6. The standard InChI is InChI=1S/C22H27ClN4O2/c1-16-4-7-18(23)14-20(16)27-12-10-26(11-13-27)15-21(28)24-19-8-5-17(6-9-19)22(29)25(2)3/h4-9,14H,10-13,15H2,1-3H3,(H,24,28)/p+1. The van der Waals surface area contributed by atoms with Crippen LogP contribution in [0.5, 0.6) is 0 Å². The van der Waals surface area contributed by atoms with Gasteiger partial charge in [-0.2, -0.15) is 0 Å². The molecule has 3 rings (SSSR count). The van der Waals surface area contributed by atoms with Crippen molar-refractivity contribution >= 4 is 34.8 Å². The SMILES string of the molecule is Cc1ccc(Cl)cc1N1CC[NH+](CC(=O)Nc2ccc(C(=O)N(C)C)cc2)CC1. The summed E-state index contributed by atoms with van der Waals surface area (Å²) in [5.74, 6) is -0.0702. The molecule has 0 bridgehead atoms. The summed E-state index contributed by atoms with van der Waals surface area (Å²) in [7, 11) is 3.43. The average Bonchev–Trinajstić information content (AvgIpc) is 2.70. The molecule has 0 radical (unpaired) electrons. The maximum Gasteiger partial charge on any atom is 0.279 e. The van der Waals surface area contributed by atoms with Crippen LogP contribution in [0.3, 0.4) is 0 Å². The Labute approximate surface area is 177 Å². The monoisotopic (exact) mass is 415 g/mol. The lowest BCUT2D eigenvalue weighted by atomic mass is 10.1. The molecule has 0 saturated carbocycles. The number of piperazine rings is 1. The first kappa shape index (κ1) is 21.1. The van der Waals surface area contributed by atoms with E-state index in [-0.39, 0.29) is 11.8 Å². The van der Waals surface area contributed by atoms with Crippen molar-refractivity contribution in [3.05, 3.63) is 58.6 Å². The molecule has 1 aliphatic rings. The van der Waals surface area contributed by atoms with Gasteiger partial charge in [0, 0.05) is 36.1 Å². The Morgan fingerprint density at radius 1 is 1.10 bits per heavy atom. The lowest BCUT2D eigenvalue weighted by Gasteiger charge is -2.34. The molecule has 0 spiro atoms. The van der Waals surface area contributed by atoms with Crippen LogP contribution in [0.15, 0.2) is 42.5 Å². The van der Waals surface area contributed by atoms with E-state index in [0.717, 1.165) is 31.2 Å². The van der Waals surface area contributed by atoms with Gasteiger partial charge in [-0.25, -0.2) is 0 Å². The quantitative estimate of drug-likeness (QED) is 0.781. The summed E-state index contributed by atoms with van der Waals surface area (Å²) in [4.78, 5) is 29.5. The van der Waals surface area contributed by atoms with Gasteiger partial charge >= 0.3 is 0 Å². The molecule has 0 unspecified atom stereocenters. The van der Waals surface area contributed by atoms with Crippen LogP contribution < -0.4 is 15.1 Å². The number of carbonyl (C=O) groups excluding carboxylic acids is 2. The maximum atomic E-state index is 12.4. The number of amides is 2. The molecular weight excluding hydrogens is 388 g/mol. The van der Waals surface area contributed by atoms with E-state index >= 15 is 0 Å². The second kappa shape index (κ2) is 9.29. The minimum absolute atomic E-state index is 0.0147. The topological polar surface area (TPSA) is 57.1 Å². The van der Waals surface area contributed by atoms with E-state index in [2.05, 4.69) is 17.1 Å². The number of hydrogen-bond acceptors (Lipinski definition) is 3. The Bertz CT molecular complexity index is 875. The summed E-state index contributed by atoms with van der Waals surface area (Å²) in [6.07, 6.45) is 0.